The molecule has 3 aliphatic rings. The van der Waals surface area contributed by atoms with Crippen molar-refractivity contribution in [1.29, 1.82) is 0 Å². The Bertz CT molecular complexity index is 997. The van der Waals surface area contributed by atoms with Crippen LogP contribution in [0.4, 0.5) is 5.69 Å². The molecule has 5 nitrogen and oxygen atoms in total. The molecule has 2 aliphatic carbocycles. The van der Waals surface area contributed by atoms with Crippen molar-refractivity contribution in [2.45, 2.75) is 38.1 Å². The van der Waals surface area contributed by atoms with Crippen molar-refractivity contribution in [3.63, 3.8) is 0 Å². The molecule has 0 unspecified atom stereocenters. The number of aromatic carboxylic acids is 1. The first-order valence-electron chi connectivity index (χ1n) is 10.3. The van der Waals surface area contributed by atoms with Crippen LogP contribution in [0.3, 0.4) is 0 Å². The van der Waals surface area contributed by atoms with E-state index in [-0.39, 0.29) is 12.0 Å². The average Bonchev–Trinajstić information content (AvgIpc) is 3.36. The normalized spacial score (nSPS) is 29.0. The van der Waals surface area contributed by atoms with Crippen LogP contribution in [0.25, 0.3) is 0 Å². The van der Waals surface area contributed by atoms with Crippen molar-refractivity contribution in [3.05, 3.63) is 64.2 Å². The Morgan fingerprint density at radius 2 is 1.79 bits per heavy atom. The highest BCUT2D eigenvalue weighted by Crippen LogP contribution is 2.64. The number of carbonyl (C=O) groups excluding carboxylic acids is 1. The molecule has 5 rings (SSSR count). The quantitative estimate of drug-likeness (QED) is 0.737. The summed E-state index contributed by atoms with van der Waals surface area (Å²) in [6.45, 7) is 2.07. The molecule has 5 atom stereocenters. The van der Waals surface area contributed by atoms with Crippen LogP contribution in [-0.4, -0.2) is 24.2 Å². The first kappa shape index (κ1) is 18.2. The van der Waals surface area contributed by atoms with Crippen LogP contribution in [0.1, 0.15) is 68.6 Å². The molecule has 2 aromatic rings. The third kappa shape index (κ3) is 2.67. The number of carboxylic acids is 1. The number of methoxy groups -OCH3 is 1. The second-order valence-electron chi connectivity index (χ2n) is 8.70. The lowest BCUT2D eigenvalue weighted by atomic mass is 9.66. The van der Waals surface area contributed by atoms with Crippen molar-refractivity contribution in [1.82, 2.24) is 0 Å². The van der Waals surface area contributed by atoms with Gasteiger partial charge in [-0.1, -0.05) is 18.2 Å². The summed E-state index contributed by atoms with van der Waals surface area (Å²) >= 11 is 0. The van der Waals surface area contributed by atoms with Gasteiger partial charge in [0.15, 0.2) is 0 Å². The summed E-state index contributed by atoms with van der Waals surface area (Å²) in [5, 5.41) is 13.0. The zero-order valence-electron chi connectivity index (χ0n) is 16.6. The van der Waals surface area contributed by atoms with Crippen LogP contribution in [0.5, 0.6) is 0 Å². The van der Waals surface area contributed by atoms with Crippen LogP contribution in [0.15, 0.2) is 36.4 Å². The van der Waals surface area contributed by atoms with Gasteiger partial charge in [-0.3, -0.25) is 0 Å². The number of ether oxygens (including phenoxy) is 1. The summed E-state index contributed by atoms with van der Waals surface area (Å²) < 4.78 is 5.10. The minimum absolute atomic E-state index is 0.122. The van der Waals surface area contributed by atoms with Crippen LogP contribution >= 0.6 is 0 Å². The van der Waals surface area contributed by atoms with Gasteiger partial charge in [-0.05, 0) is 84.7 Å². The van der Waals surface area contributed by atoms with Gasteiger partial charge in [0.1, 0.15) is 0 Å². The SMILES string of the molecule is COC(=O)c1ccc(C)c2c1[C@@H]1[C@H]3CC[C@@H](C3)[C@@H]1[C@@H](c1ccc(C(=O)O)cc1)N2. The number of aryl methyl sites for hydroxylation is 1. The van der Waals surface area contributed by atoms with E-state index in [4.69, 9.17) is 4.74 Å². The molecular formula is C24H25NO4. The molecule has 2 bridgehead atoms. The second-order valence-corrected chi connectivity index (χ2v) is 8.70. The molecule has 0 radical (unpaired) electrons. The lowest BCUT2D eigenvalue weighted by molar-refractivity contribution is 0.0596. The predicted molar refractivity (Wildman–Crippen MR) is 109 cm³/mol. The van der Waals surface area contributed by atoms with Gasteiger partial charge < -0.3 is 15.2 Å². The van der Waals surface area contributed by atoms with Gasteiger partial charge in [-0.15, -0.1) is 0 Å². The van der Waals surface area contributed by atoms with E-state index in [1.165, 1.54) is 26.4 Å². The molecule has 29 heavy (non-hydrogen) atoms. The number of carbonyl (C=O) groups is 2. The van der Waals surface area contributed by atoms with Crippen LogP contribution < -0.4 is 5.32 Å². The number of rotatable bonds is 3. The zero-order chi connectivity index (χ0) is 20.3. The van der Waals surface area contributed by atoms with Crippen molar-refractivity contribution in [3.8, 4) is 0 Å². The van der Waals surface area contributed by atoms with Gasteiger partial charge in [-0.25, -0.2) is 9.59 Å². The maximum atomic E-state index is 12.5. The third-order valence-corrected chi connectivity index (χ3v) is 7.37. The molecule has 150 valence electrons. The minimum atomic E-state index is -0.908. The fourth-order valence-electron chi connectivity index (χ4n) is 6.19. The Labute approximate surface area is 170 Å². The predicted octanol–water partition coefficient (Wildman–Crippen LogP) is 4.78. The molecule has 1 heterocycles. The molecule has 0 amide bonds. The van der Waals surface area contributed by atoms with Gasteiger partial charge in [0.25, 0.3) is 0 Å². The number of benzene rings is 2. The van der Waals surface area contributed by atoms with Gasteiger partial charge in [-0.2, -0.15) is 0 Å². The molecule has 2 saturated carbocycles. The number of fused-ring (bicyclic) bond motifs is 7. The molecule has 5 heteroatoms. The highest BCUT2D eigenvalue weighted by Gasteiger charge is 2.55. The first-order valence-corrected chi connectivity index (χ1v) is 10.3. The monoisotopic (exact) mass is 391 g/mol. The Kier molecular flexibility index (Phi) is 4.16. The molecule has 1 aliphatic heterocycles. The number of carboxylic acid groups (broad SMARTS) is 1. The highest BCUT2D eigenvalue weighted by atomic mass is 16.5. The summed E-state index contributed by atoms with van der Waals surface area (Å²) in [6.07, 6.45) is 3.64. The number of esters is 1. The fraction of sp³-hybridized carbons (Fsp3) is 0.417. The third-order valence-electron chi connectivity index (χ3n) is 7.37. The molecule has 0 aromatic heterocycles. The van der Waals surface area contributed by atoms with Crippen LogP contribution in [-0.2, 0) is 4.74 Å². The molecule has 2 aromatic carbocycles. The van der Waals surface area contributed by atoms with E-state index < -0.39 is 5.97 Å². The molecular weight excluding hydrogens is 366 g/mol. The van der Waals surface area contributed by atoms with E-state index in [1.807, 2.05) is 24.3 Å². The molecule has 0 saturated heterocycles. The highest BCUT2D eigenvalue weighted by molar-refractivity contribution is 5.94. The number of hydrogen-bond acceptors (Lipinski definition) is 4. The van der Waals surface area contributed by atoms with E-state index in [0.29, 0.717) is 34.8 Å². The number of anilines is 1. The second kappa shape index (κ2) is 6.61. The fourth-order valence-corrected chi connectivity index (χ4v) is 6.19. The summed E-state index contributed by atoms with van der Waals surface area (Å²) in [5.41, 5.74) is 5.41. The summed E-state index contributed by atoms with van der Waals surface area (Å²) in [4.78, 5) is 23.8. The van der Waals surface area contributed by atoms with Crippen LogP contribution in [0.2, 0.25) is 0 Å². The van der Waals surface area contributed by atoms with Crippen LogP contribution in [0, 0.1) is 24.7 Å². The van der Waals surface area contributed by atoms with Gasteiger partial charge in [0, 0.05) is 5.69 Å². The van der Waals surface area contributed by atoms with E-state index >= 15 is 0 Å². The van der Waals surface area contributed by atoms with E-state index in [2.05, 4.69) is 12.2 Å². The number of hydrogen-bond donors (Lipinski definition) is 2. The number of nitrogens with one attached hydrogen (secondary N) is 1. The minimum Gasteiger partial charge on any atom is -0.478 e. The Morgan fingerprint density at radius 1 is 1.07 bits per heavy atom. The Morgan fingerprint density at radius 3 is 2.48 bits per heavy atom. The molecule has 2 fully saturated rings. The van der Waals surface area contributed by atoms with Crippen molar-refractivity contribution < 1.29 is 19.4 Å². The topological polar surface area (TPSA) is 75.6 Å². The Balaban J connectivity index is 1.65. The van der Waals surface area contributed by atoms with Crippen molar-refractivity contribution in [2.75, 3.05) is 12.4 Å². The smallest absolute Gasteiger partial charge is 0.338 e. The average molecular weight is 391 g/mol. The van der Waals surface area contributed by atoms with E-state index in [1.54, 1.807) is 12.1 Å². The zero-order valence-corrected chi connectivity index (χ0v) is 16.6. The lowest BCUT2D eigenvalue weighted by Gasteiger charge is -2.44. The van der Waals surface area contributed by atoms with Gasteiger partial charge in [0.05, 0.1) is 24.3 Å². The molecule has 0 spiro atoms. The van der Waals surface area contributed by atoms with E-state index in [0.717, 1.165) is 22.4 Å². The summed E-state index contributed by atoms with van der Waals surface area (Å²) in [5.74, 6) is 0.784. The Hall–Kier alpha value is -2.82. The first-order chi connectivity index (χ1) is 14.0. The maximum absolute atomic E-state index is 12.5. The lowest BCUT2D eigenvalue weighted by Crippen LogP contribution is -2.37. The van der Waals surface area contributed by atoms with E-state index in [9.17, 15) is 14.7 Å². The standard InChI is InChI=1S/C24H25NO4/c1-12-3-10-17(24(28)29-2)20-18-15-8-9-16(11-15)19(18)22(25-21(12)20)13-4-6-14(7-5-13)23(26)27/h3-7,10,15-16,18-19,22,25H,8-9,11H2,1-2H3,(H,26,27)/t15-,16-,18+,19-,22+/m0/s1. The molecule has 2 N–H and O–H groups in total. The van der Waals surface area contributed by atoms with Gasteiger partial charge in [0.2, 0.25) is 0 Å². The van der Waals surface area contributed by atoms with Crippen molar-refractivity contribution in [2.24, 2.45) is 17.8 Å². The van der Waals surface area contributed by atoms with Gasteiger partial charge >= 0.3 is 11.9 Å². The largest absolute Gasteiger partial charge is 0.478 e. The maximum Gasteiger partial charge on any atom is 0.338 e. The van der Waals surface area contributed by atoms with Crippen molar-refractivity contribution >= 4 is 17.6 Å². The summed E-state index contributed by atoms with van der Waals surface area (Å²) in [7, 11) is 1.44. The summed E-state index contributed by atoms with van der Waals surface area (Å²) in [6, 6.07) is 11.3.